The Morgan fingerprint density at radius 1 is 1.03 bits per heavy atom. The van der Waals surface area contributed by atoms with Crippen molar-refractivity contribution < 1.29 is 9.53 Å². The molecule has 0 aliphatic rings. The summed E-state index contributed by atoms with van der Waals surface area (Å²) in [5, 5.41) is 7.08. The van der Waals surface area contributed by atoms with E-state index in [1.54, 1.807) is 13.0 Å². The molecule has 3 rings (SSSR count). The van der Waals surface area contributed by atoms with Gasteiger partial charge in [0.1, 0.15) is 0 Å². The minimum absolute atomic E-state index is 0.192. The van der Waals surface area contributed by atoms with E-state index in [9.17, 15) is 9.59 Å². The molecule has 0 fully saturated rings. The summed E-state index contributed by atoms with van der Waals surface area (Å²) in [5.41, 5.74) is 4.24. The van der Waals surface area contributed by atoms with E-state index in [1.165, 1.54) is 16.8 Å². The SMILES string of the molecule is Cc1ccc(-n2nc(O[C@H](C)C(=O)Nc3ccc(Br)c(C)c3)ccc2=O)cc1C. The maximum atomic E-state index is 12.5. The topological polar surface area (TPSA) is 73.2 Å². The number of rotatable bonds is 5. The van der Waals surface area contributed by atoms with Crippen LogP contribution in [0.25, 0.3) is 5.69 Å². The second-order valence-corrected chi connectivity index (χ2v) is 7.76. The van der Waals surface area contributed by atoms with Crippen LogP contribution in [0.2, 0.25) is 0 Å². The molecule has 1 N–H and O–H groups in total. The van der Waals surface area contributed by atoms with Crippen molar-refractivity contribution in [2.75, 3.05) is 5.32 Å². The van der Waals surface area contributed by atoms with Crippen molar-refractivity contribution in [1.29, 1.82) is 0 Å². The maximum Gasteiger partial charge on any atom is 0.271 e. The van der Waals surface area contributed by atoms with E-state index in [2.05, 4.69) is 26.3 Å². The zero-order valence-electron chi connectivity index (χ0n) is 16.7. The van der Waals surface area contributed by atoms with E-state index in [0.717, 1.165) is 21.2 Å². The number of aromatic nitrogens is 2. The number of anilines is 1. The Kier molecular flexibility index (Phi) is 6.17. The molecular formula is C22H22BrN3O3. The van der Waals surface area contributed by atoms with Crippen LogP contribution in [0.1, 0.15) is 23.6 Å². The number of carbonyl (C=O) groups excluding carboxylic acids is 1. The van der Waals surface area contributed by atoms with Gasteiger partial charge in [-0.05, 0) is 74.7 Å². The number of nitrogens with zero attached hydrogens (tertiary/aromatic N) is 2. The van der Waals surface area contributed by atoms with Crippen LogP contribution in [0.3, 0.4) is 0 Å². The molecule has 7 heteroatoms. The van der Waals surface area contributed by atoms with Gasteiger partial charge in [0, 0.05) is 22.3 Å². The predicted octanol–water partition coefficient (Wildman–Crippen LogP) is 4.33. The van der Waals surface area contributed by atoms with Crippen LogP contribution >= 0.6 is 15.9 Å². The molecule has 6 nitrogen and oxygen atoms in total. The molecule has 0 unspecified atom stereocenters. The summed E-state index contributed by atoms with van der Waals surface area (Å²) >= 11 is 3.44. The van der Waals surface area contributed by atoms with Crippen LogP contribution < -0.4 is 15.6 Å². The third kappa shape index (κ3) is 4.92. The van der Waals surface area contributed by atoms with Gasteiger partial charge in [0.25, 0.3) is 11.5 Å². The number of nitrogens with one attached hydrogen (secondary N) is 1. The first-order valence-corrected chi connectivity index (χ1v) is 9.95. The second kappa shape index (κ2) is 8.61. The average Bonchev–Trinajstić information content (AvgIpc) is 2.68. The van der Waals surface area contributed by atoms with Crippen LogP contribution in [-0.2, 0) is 4.79 Å². The minimum Gasteiger partial charge on any atom is -0.463 e. The van der Waals surface area contributed by atoms with Gasteiger partial charge in [-0.25, -0.2) is 0 Å². The van der Waals surface area contributed by atoms with Gasteiger partial charge in [0.05, 0.1) is 5.69 Å². The Labute approximate surface area is 177 Å². The fraction of sp³-hybridized carbons (Fsp3) is 0.227. The maximum absolute atomic E-state index is 12.5. The van der Waals surface area contributed by atoms with Crippen LogP contribution in [0, 0.1) is 20.8 Å². The molecule has 0 bridgehead atoms. The summed E-state index contributed by atoms with van der Waals surface area (Å²) in [6, 6.07) is 14.0. The number of aryl methyl sites for hydroxylation is 3. The van der Waals surface area contributed by atoms with E-state index in [0.29, 0.717) is 11.4 Å². The van der Waals surface area contributed by atoms with Crippen LogP contribution in [-0.4, -0.2) is 21.8 Å². The molecule has 0 spiro atoms. The molecule has 29 heavy (non-hydrogen) atoms. The molecule has 150 valence electrons. The number of hydrogen-bond acceptors (Lipinski definition) is 4. The van der Waals surface area contributed by atoms with Crippen molar-refractivity contribution in [2.24, 2.45) is 0 Å². The van der Waals surface area contributed by atoms with Crippen molar-refractivity contribution >= 4 is 27.5 Å². The van der Waals surface area contributed by atoms with Crippen molar-refractivity contribution in [3.8, 4) is 11.6 Å². The first-order chi connectivity index (χ1) is 13.7. The first-order valence-electron chi connectivity index (χ1n) is 9.16. The van der Waals surface area contributed by atoms with Gasteiger partial charge in [-0.3, -0.25) is 9.59 Å². The lowest BCUT2D eigenvalue weighted by atomic mass is 10.1. The molecule has 1 aromatic heterocycles. The molecule has 3 aromatic rings. The van der Waals surface area contributed by atoms with Gasteiger partial charge in [-0.1, -0.05) is 22.0 Å². The Morgan fingerprint density at radius 3 is 2.48 bits per heavy atom. The second-order valence-electron chi connectivity index (χ2n) is 6.90. The van der Waals surface area contributed by atoms with E-state index in [4.69, 9.17) is 4.74 Å². The first kappa shape index (κ1) is 20.8. The molecule has 1 heterocycles. The molecule has 0 radical (unpaired) electrons. The Balaban J connectivity index is 1.77. The number of ether oxygens (including phenoxy) is 1. The fourth-order valence-electron chi connectivity index (χ4n) is 2.70. The van der Waals surface area contributed by atoms with E-state index in [-0.39, 0.29) is 17.3 Å². The molecule has 0 saturated carbocycles. The largest absolute Gasteiger partial charge is 0.463 e. The molecule has 0 aliphatic carbocycles. The van der Waals surface area contributed by atoms with Crippen molar-refractivity contribution in [1.82, 2.24) is 9.78 Å². The highest BCUT2D eigenvalue weighted by Gasteiger charge is 2.17. The third-order valence-corrected chi connectivity index (χ3v) is 5.49. The van der Waals surface area contributed by atoms with Crippen molar-refractivity contribution in [3.63, 3.8) is 0 Å². The van der Waals surface area contributed by atoms with Gasteiger partial charge in [0.15, 0.2) is 6.10 Å². The quantitative estimate of drug-likeness (QED) is 0.621. The van der Waals surface area contributed by atoms with Gasteiger partial charge in [-0.2, -0.15) is 4.68 Å². The fourth-order valence-corrected chi connectivity index (χ4v) is 2.95. The number of halogens is 1. The monoisotopic (exact) mass is 455 g/mol. The molecule has 1 atom stereocenters. The lowest BCUT2D eigenvalue weighted by Crippen LogP contribution is -2.31. The summed E-state index contributed by atoms with van der Waals surface area (Å²) in [7, 11) is 0. The smallest absolute Gasteiger partial charge is 0.271 e. The van der Waals surface area contributed by atoms with Gasteiger partial charge >= 0.3 is 0 Å². The highest BCUT2D eigenvalue weighted by Crippen LogP contribution is 2.20. The normalized spacial score (nSPS) is 11.8. The lowest BCUT2D eigenvalue weighted by Gasteiger charge is -2.15. The highest BCUT2D eigenvalue weighted by molar-refractivity contribution is 9.10. The average molecular weight is 456 g/mol. The Bertz CT molecular complexity index is 1120. The highest BCUT2D eigenvalue weighted by atomic mass is 79.9. The molecule has 0 saturated heterocycles. The third-order valence-electron chi connectivity index (χ3n) is 4.60. The van der Waals surface area contributed by atoms with Crippen LogP contribution in [0.5, 0.6) is 5.88 Å². The van der Waals surface area contributed by atoms with Crippen molar-refractivity contribution in [3.05, 3.63) is 80.0 Å². The Hall–Kier alpha value is -2.93. The minimum atomic E-state index is -0.794. The molecule has 1 amide bonds. The molecule has 2 aromatic carbocycles. The lowest BCUT2D eigenvalue weighted by molar-refractivity contribution is -0.122. The summed E-state index contributed by atoms with van der Waals surface area (Å²) in [5.74, 6) is -0.116. The Morgan fingerprint density at radius 2 is 1.79 bits per heavy atom. The standard InChI is InChI=1S/C22H22BrN3O3/c1-13-5-7-18(12-14(13)2)26-21(27)10-9-20(25-26)29-16(4)22(28)24-17-6-8-19(23)15(3)11-17/h5-12,16H,1-4H3,(H,24,28)/t16-/m1/s1. The number of carbonyl (C=O) groups is 1. The zero-order chi connectivity index (χ0) is 21.1. The summed E-state index contributed by atoms with van der Waals surface area (Å²) in [4.78, 5) is 24.7. The number of hydrogen-bond donors (Lipinski definition) is 1. The van der Waals surface area contributed by atoms with Crippen LogP contribution in [0.15, 0.2) is 57.8 Å². The van der Waals surface area contributed by atoms with Crippen molar-refractivity contribution in [2.45, 2.75) is 33.8 Å². The number of amides is 1. The predicted molar refractivity (Wildman–Crippen MR) is 117 cm³/mol. The number of benzene rings is 2. The summed E-state index contributed by atoms with van der Waals surface area (Å²) in [6.45, 7) is 7.55. The van der Waals surface area contributed by atoms with Crippen LogP contribution in [0.4, 0.5) is 5.69 Å². The van der Waals surface area contributed by atoms with E-state index < -0.39 is 6.10 Å². The van der Waals surface area contributed by atoms with Gasteiger partial charge in [0.2, 0.25) is 5.88 Å². The van der Waals surface area contributed by atoms with E-state index in [1.807, 2.05) is 51.1 Å². The van der Waals surface area contributed by atoms with E-state index >= 15 is 0 Å². The molecule has 0 aliphatic heterocycles. The zero-order valence-corrected chi connectivity index (χ0v) is 18.3. The molecular weight excluding hydrogens is 434 g/mol. The van der Waals surface area contributed by atoms with Gasteiger partial charge in [-0.15, -0.1) is 5.10 Å². The van der Waals surface area contributed by atoms with Gasteiger partial charge < -0.3 is 10.1 Å². The summed E-state index contributed by atoms with van der Waals surface area (Å²) < 4.78 is 7.92. The summed E-state index contributed by atoms with van der Waals surface area (Å²) in [6.07, 6.45) is -0.794.